The zero-order valence-corrected chi connectivity index (χ0v) is 15.6. The number of carbonyl (C=O) groups excluding carboxylic acids is 2. The van der Waals surface area contributed by atoms with Crippen LogP contribution in [0.4, 0.5) is 0 Å². The zero-order chi connectivity index (χ0) is 20.1. The molecule has 1 aromatic heterocycles. The van der Waals surface area contributed by atoms with Gasteiger partial charge in [-0.1, -0.05) is 25.1 Å². The SMILES string of the molecule is CCCOc1ccc2cc(C(=O)NNC(=O)c3ccccc3C)c(=O)oc2c1. The zero-order valence-electron chi connectivity index (χ0n) is 15.6. The predicted octanol–water partition coefficient (Wildman–Crippen LogP) is 2.97. The van der Waals surface area contributed by atoms with Crippen LogP contribution in [0.5, 0.6) is 5.75 Å². The number of hydrogen-bond acceptors (Lipinski definition) is 5. The first-order valence-electron chi connectivity index (χ1n) is 8.86. The number of ether oxygens (including phenoxy) is 1. The summed E-state index contributed by atoms with van der Waals surface area (Å²) in [6.07, 6.45) is 0.856. The van der Waals surface area contributed by atoms with Crippen molar-refractivity contribution in [3.8, 4) is 5.75 Å². The highest BCUT2D eigenvalue weighted by Crippen LogP contribution is 2.20. The molecule has 0 saturated heterocycles. The van der Waals surface area contributed by atoms with Gasteiger partial charge in [-0.2, -0.15) is 0 Å². The van der Waals surface area contributed by atoms with E-state index in [1.807, 2.05) is 13.0 Å². The summed E-state index contributed by atoms with van der Waals surface area (Å²) in [6, 6.07) is 13.4. The molecule has 0 atom stereocenters. The average Bonchev–Trinajstić information content (AvgIpc) is 2.69. The molecule has 3 aromatic rings. The summed E-state index contributed by atoms with van der Waals surface area (Å²) in [5.74, 6) is -0.654. The molecule has 0 fully saturated rings. The summed E-state index contributed by atoms with van der Waals surface area (Å²) in [5, 5.41) is 0.568. The summed E-state index contributed by atoms with van der Waals surface area (Å²) < 4.78 is 10.7. The normalized spacial score (nSPS) is 10.5. The molecule has 0 bridgehead atoms. The highest BCUT2D eigenvalue weighted by molar-refractivity contribution is 6.00. The van der Waals surface area contributed by atoms with E-state index in [2.05, 4.69) is 10.9 Å². The lowest BCUT2D eigenvalue weighted by Gasteiger charge is -2.09. The summed E-state index contributed by atoms with van der Waals surface area (Å²) in [6.45, 7) is 4.33. The maximum Gasteiger partial charge on any atom is 0.349 e. The molecule has 3 rings (SSSR count). The summed E-state index contributed by atoms with van der Waals surface area (Å²) in [5.41, 5.74) is 5.05. The maximum atomic E-state index is 12.3. The molecule has 0 aliphatic carbocycles. The van der Waals surface area contributed by atoms with Crippen LogP contribution in [0.2, 0.25) is 0 Å². The standard InChI is InChI=1S/C21H20N2O5/c1-3-10-27-15-9-8-14-11-17(21(26)28-18(14)12-15)20(25)23-22-19(24)16-7-5-4-6-13(16)2/h4-9,11-12H,3,10H2,1-2H3,(H,22,24)(H,23,25). The van der Waals surface area contributed by atoms with Crippen molar-refractivity contribution in [2.24, 2.45) is 0 Å². The first kappa shape index (κ1) is 19.2. The van der Waals surface area contributed by atoms with Gasteiger partial charge in [0.2, 0.25) is 0 Å². The van der Waals surface area contributed by atoms with Gasteiger partial charge >= 0.3 is 5.63 Å². The van der Waals surface area contributed by atoms with E-state index >= 15 is 0 Å². The highest BCUT2D eigenvalue weighted by Gasteiger charge is 2.16. The lowest BCUT2D eigenvalue weighted by atomic mass is 10.1. The van der Waals surface area contributed by atoms with Crippen molar-refractivity contribution in [2.75, 3.05) is 6.61 Å². The minimum atomic E-state index is -0.803. The van der Waals surface area contributed by atoms with Gasteiger partial charge in [0, 0.05) is 17.0 Å². The van der Waals surface area contributed by atoms with E-state index in [4.69, 9.17) is 9.15 Å². The molecule has 144 valence electrons. The number of hydrazine groups is 1. The molecule has 0 aliphatic heterocycles. The Morgan fingerprint density at radius 2 is 1.71 bits per heavy atom. The quantitative estimate of drug-likeness (QED) is 0.524. The van der Waals surface area contributed by atoms with E-state index in [0.717, 1.165) is 12.0 Å². The third kappa shape index (κ3) is 4.20. The van der Waals surface area contributed by atoms with Crippen molar-refractivity contribution in [2.45, 2.75) is 20.3 Å². The third-order valence-electron chi connectivity index (χ3n) is 4.10. The van der Waals surface area contributed by atoms with E-state index in [1.165, 1.54) is 6.07 Å². The van der Waals surface area contributed by atoms with E-state index in [-0.39, 0.29) is 5.56 Å². The fraction of sp³-hybridized carbons (Fsp3) is 0.190. The number of hydrogen-bond donors (Lipinski definition) is 2. The van der Waals surface area contributed by atoms with Gasteiger partial charge in [0.05, 0.1) is 6.61 Å². The fourth-order valence-corrected chi connectivity index (χ4v) is 2.64. The van der Waals surface area contributed by atoms with Gasteiger partial charge < -0.3 is 9.15 Å². The Hall–Kier alpha value is -3.61. The van der Waals surface area contributed by atoms with Crippen molar-refractivity contribution in [1.29, 1.82) is 0 Å². The van der Waals surface area contributed by atoms with Crippen LogP contribution >= 0.6 is 0 Å². The Labute approximate surface area is 161 Å². The monoisotopic (exact) mass is 380 g/mol. The molecule has 2 N–H and O–H groups in total. The molecule has 7 heteroatoms. The van der Waals surface area contributed by atoms with E-state index in [0.29, 0.717) is 28.9 Å². The molecule has 2 amide bonds. The second-order valence-electron chi connectivity index (χ2n) is 6.22. The van der Waals surface area contributed by atoms with Crippen molar-refractivity contribution in [1.82, 2.24) is 10.9 Å². The Bertz CT molecular complexity index is 1090. The van der Waals surface area contributed by atoms with Crippen LogP contribution in [0.25, 0.3) is 11.0 Å². The van der Waals surface area contributed by atoms with Crippen LogP contribution in [0.15, 0.2) is 57.7 Å². The number of rotatable bonds is 5. The van der Waals surface area contributed by atoms with Gasteiger partial charge in [-0.05, 0) is 43.2 Å². The van der Waals surface area contributed by atoms with Gasteiger partial charge in [-0.3, -0.25) is 20.4 Å². The number of aryl methyl sites for hydroxylation is 1. The lowest BCUT2D eigenvalue weighted by molar-refractivity contribution is 0.0844. The third-order valence-corrected chi connectivity index (χ3v) is 4.10. The average molecular weight is 380 g/mol. The van der Waals surface area contributed by atoms with E-state index in [1.54, 1.807) is 43.3 Å². The Balaban J connectivity index is 1.76. The molecule has 0 radical (unpaired) electrons. The van der Waals surface area contributed by atoms with Crippen LogP contribution in [0.1, 0.15) is 39.6 Å². The smallest absolute Gasteiger partial charge is 0.349 e. The molecule has 1 heterocycles. The summed E-state index contributed by atoms with van der Waals surface area (Å²) in [4.78, 5) is 36.7. The van der Waals surface area contributed by atoms with Crippen LogP contribution < -0.4 is 21.2 Å². The minimum Gasteiger partial charge on any atom is -0.493 e. The molecule has 2 aromatic carbocycles. The molecule has 0 aliphatic rings. The molecular weight excluding hydrogens is 360 g/mol. The van der Waals surface area contributed by atoms with Gasteiger partial charge in [-0.25, -0.2) is 4.79 Å². The number of amides is 2. The number of benzene rings is 2. The van der Waals surface area contributed by atoms with Gasteiger partial charge in [0.1, 0.15) is 16.9 Å². The first-order chi connectivity index (χ1) is 13.5. The predicted molar refractivity (Wildman–Crippen MR) is 104 cm³/mol. The molecular formula is C21H20N2O5. The van der Waals surface area contributed by atoms with Crippen molar-refractivity contribution in [3.63, 3.8) is 0 Å². The maximum absolute atomic E-state index is 12.3. The fourth-order valence-electron chi connectivity index (χ4n) is 2.64. The molecule has 28 heavy (non-hydrogen) atoms. The van der Waals surface area contributed by atoms with Gasteiger partial charge in [0.25, 0.3) is 11.8 Å². The van der Waals surface area contributed by atoms with Gasteiger partial charge in [-0.15, -0.1) is 0 Å². The van der Waals surface area contributed by atoms with Crippen LogP contribution in [-0.4, -0.2) is 18.4 Å². The highest BCUT2D eigenvalue weighted by atomic mass is 16.5. The topological polar surface area (TPSA) is 97.6 Å². The number of fused-ring (bicyclic) bond motifs is 1. The van der Waals surface area contributed by atoms with Crippen molar-refractivity contribution >= 4 is 22.8 Å². The Morgan fingerprint density at radius 3 is 2.43 bits per heavy atom. The molecule has 0 saturated carbocycles. The Morgan fingerprint density at radius 1 is 1.00 bits per heavy atom. The first-order valence-corrected chi connectivity index (χ1v) is 8.86. The molecule has 7 nitrogen and oxygen atoms in total. The lowest BCUT2D eigenvalue weighted by Crippen LogP contribution is -2.43. The van der Waals surface area contributed by atoms with Crippen molar-refractivity contribution in [3.05, 3.63) is 75.6 Å². The van der Waals surface area contributed by atoms with E-state index < -0.39 is 17.4 Å². The van der Waals surface area contributed by atoms with Crippen LogP contribution in [0.3, 0.4) is 0 Å². The molecule has 0 spiro atoms. The minimum absolute atomic E-state index is 0.209. The summed E-state index contributed by atoms with van der Waals surface area (Å²) >= 11 is 0. The summed E-state index contributed by atoms with van der Waals surface area (Å²) in [7, 11) is 0. The van der Waals surface area contributed by atoms with Crippen LogP contribution in [0, 0.1) is 6.92 Å². The number of carbonyl (C=O) groups is 2. The second-order valence-corrected chi connectivity index (χ2v) is 6.22. The van der Waals surface area contributed by atoms with Gasteiger partial charge in [0.15, 0.2) is 0 Å². The second kappa shape index (κ2) is 8.39. The Kier molecular flexibility index (Phi) is 5.74. The van der Waals surface area contributed by atoms with E-state index in [9.17, 15) is 14.4 Å². The largest absolute Gasteiger partial charge is 0.493 e. The number of nitrogens with one attached hydrogen (secondary N) is 2. The van der Waals surface area contributed by atoms with Crippen molar-refractivity contribution < 1.29 is 18.7 Å². The molecule has 0 unspecified atom stereocenters. The van der Waals surface area contributed by atoms with Crippen LogP contribution in [-0.2, 0) is 0 Å².